The second kappa shape index (κ2) is 8.33. The number of nitrogens with zero attached hydrogens (tertiary/aromatic N) is 1. The van der Waals surface area contributed by atoms with E-state index in [9.17, 15) is 9.18 Å². The van der Waals surface area contributed by atoms with Crippen molar-refractivity contribution in [2.45, 2.75) is 44.6 Å². The summed E-state index contributed by atoms with van der Waals surface area (Å²) < 4.78 is 18.3. The number of ether oxygens (including phenoxy) is 1. The molecule has 0 heterocycles. The number of esters is 1. The van der Waals surface area contributed by atoms with Crippen molar-refractivity contribution in [1.82, 2.24) is 0 Å². The van der Waals surface area contributed by atoms with Crippen LogP contribution in [0, 0.1) is 23.1 Å². The molecule has 4 heteroatoms. The van der Waals surface area contributed by atoms with Crippen LogP contribution < -0.4 is 0 Å². The van der Waals surface area contributed by atoms with Gasteiger partial charge in [-0.15, -0.1) is 0 Å². The van der Waals surface area contributed by atoms with Crippen LogP contribution in [-0.4, -0.2) is 12.1 Å². The van der Waals surface area contributed by atoms with Crippen molar-refractivity contribution >= 4 is 5.97 Å². The third-order valence-electron chi connectivity index (χ3n) is 4.08. The smallest absolute Gasteiger partial charge is 0.338 e. The van der Waals surface area contributed by atoms with E-state index >= 15 is 0 Å². The van der Waals surface area contributed by atoms with Crippen LogP contribution in [0.1, 0.15) is 48.9 Å². The van der Waals surface area contributed by atoms with E-state index < -0.39 is 0 Å². The lowest BCUT2D eigenvalue weighted by Gasteiger charge is -2.28. The molecule has 0 radical (unpaired) electrons. The molecule has 0 amide bonds. The summed E-state index contributed by atoms with van der Waals surface area (Å²) in [4.78, 5) is 12.0. The van der Waals surface area contributed by atoms with Crippen molar-refractivity contribution in [1.29, 1.82) is 5.26 Å². The van der Waals surface area contributed by atoms with Crippen LogP contribution in [0.15, 0.2) is 36.4 Å². The van der Waals surface area contributed by atoms with Gasteiger partial charge in [-0.3, -0.25) is 0 Å². The minimum atomic E-state index is -0.375. The van der Waals surface area contributed by atoms with Crippen molar-refractivity contribution in [2.75, 3.05) is 0 Å². The Morgan fingerprint density at radius 3 is 2.59 bits per heavy atom. The Hall–Kier alpha value is -2.15. The molecule has 0 atom stereocenters. The van der Waals surface area contributed by atoms with Crippen LogP contribution in [0.5, 0.6) is 0 Å². The predicted octanol–water partition coefficient (Wildman–Crippen LogP) is 4.40. The van der Waals surface area contributed by atoms with Gasteiger partial charge in [-0.25, -0.2) is 9.18 Å². The molecule has 3 nitrogen and oxygen atoms in total. The Kier molecular flexibility index (Phi) is 6.14. The third-order valence-corrected chi connectivity index (χ3v) is 4.08. The fourth-order valence-electron chi connectivity index (χ4n) is 2.81. The summed E-state index contributed by atoms with van der Waals surface area (Å²) in [6.45, 7) is 0. The van der Waals surface area contributed by atoms with E-state index in [2.05, 4.69) is 0 Å². The summed E-state index contributed by atoms with van der Waals surface area (Å²) in [5, 5.41) is 8.42. The molecule has 116 valence electrons. The maximum Gasteiger partial charge on any atom is 0.338 e. The van der Waals surface area contributed by atoms with Gasteiger partial charge in [0.1, 0.15) is 11.9 Å². The van der Waals surface area contributed by atoms with Gasteiger partial charge in [0.25, 0.3) is 0 Å². The number of halogens is 1. The summed E-state index contributed by atoms with van der Waals surface area (Å²) in [7, 11) is 0. The average molecular weight is 301 g/mol. The molecule has 0 N–H and O–H groups in total. The van der Waals surface area contributed by atoms with E-state index in [-0.39, 0.29) is 17.9 Å². The van der Waals surface area contributed by atoms with Crippen molar-refractivity contribution in [3.8, 4) is 6.07 Å². The van der Waals surface area contributed by atoms with Crippen molar-refractivity contribution < 1.29 is 13.9 Å². The summed E-state index contributed by atoms with van der Waals surface area (Å²) in [5.41, 5.74) is 0.394. The highest BCUT2D eigenvalue weighted by molar-refractivity contribution is 5.89. The van der Waals surface area contributed by atoms with E-state index in [0.29, 0.717) is 11.5 Å². The molecule has 0 spiro atoms. The molecule has 0 unspecified atom stereocenters. The fourth-order valence-corrected chi connectivity index (χ4v) is 2.81. The number of allylic oxidation sites excluding steroid dienone is 2. The zero-order valence-corrected chi connectivity index (χ0v) is 12.5. The molecule has 1 fully saturated rings. The van der Waals surface area contributed by atoms with Crippen LogP contribution in [-0.2, 0) is 4.74 Å². The number of benzene rings is 1. The van der Waals surface area contributed by atoms with Gasteiger partial charge in [-0.2, -0.15) is 5.26 Å². The maximum atomic E-state index is 12.8. The number of carbonyl (C=O) groups excluding carboxylic acids is 1. The average Bonchev–Trinajstić information content (AvgIpc) is 2.54. The van der Waals surface area contributed by atoms with Crippen molar-refractivity contribution in [2.24, 2.45) is 5.92 Å². The summed E-state index contributed by atoms with van der Waals surface area (Å²) in [6, 6.07) is 7.42. The first-order chi connectivity index (χ1) is 10.7. The maximum absolute atomic E-state index is 12.8. The number of hydrogen-bond donors (Lipinski definition) is 0. The summed E-state index contributed by atoms with van der Waals surface area (Å²) in [6.07, 6.45) is 9.23. The van der Waals surface area contributed by atoms with Crippen molar-refractivity contribution in [3.63, 3.8) is 0 Å². The standard InChI is InChI=1S/C18H20FNO2/c19-16-9-7-15(8-10-16)18(21)22-17-11-5-14(6-12-17)4-2-1-3-13-20/h1,3,7-10,14,17H,2,4-6,11-12H2/b3-1+/t14-,17-. The summed E-state index contributed by atoms with van der Waals surface area (Å²) in [5.74, 6) is -0.0907. The molecule has 1 saturated carbocycles. The molecular formula is C18H20FNO2. The zero-order chi connectivity index (χ0) is 15.8. The molecule has 1 aliphatic carbocycles. The third kappa shape index (κ3) is 5.00. The lowest BCUT2D eigenvalue weighted by Crippen LogP contribution is -2.24. The minimum Gasteiger partial charge on any atom is -0.459 e. The number of carbonyl (C=O) groups is 1. The number of rotatable bonds is 5. The number of nitriles is 1. The highest BCUT2D eigenvalue weighted by atomic mass is 19.1. The SMILES string of the molecule is N#C/C=C/CC[C@H]1CC[C@H](OC(=O)c2ccc(F)cc2)CC1. The van der Waals surface area contributed by atoms with E-state index in [1.54, 1.807) is 0 Å². The lowest BCUT2D eigenvalue weighted by atomic mass is 9.84. The molecule has 1 aromatic carbocycles. The van der Waals surface area contributed by atoms with E-state index in [1.165, 1.54) is 30.3 Å². The Balaban J connectivity index is 1.73. The van der Waals surface area contributed by atoms with Crippen LogP contribution in [0.3, 0.4) is 0 Å². The zero-order valence-electron chi connectivity index (χ0n) is 12.5. The molecule has 0 bridgehead atoms. The van der Waals surface area contributed by atoms with Crippen LogP contribution >= 0.6 is 0 Å². The highest BCUT2D eigenvalue weighted by Gasteiger charge is 2.23. The minimum absolute atomic E-state index is 0.0385. The quantitative estimate of drug-likeness (QED) is 0.598. The Labute approximate surface area is 130 Å². The molecule has 1 aliphatic rings. The van der Waals surface area contributed by atoms with Gasteiger partial charge < -0.3 is 4.74 Å². The first-order valence-electron chi connectivity index (χ1n) is 7.70. The predicted molar refractivity (Wildman–Crippen MR) is 81.5 cm³/mol. The molecule has 2 rings (SSSR count). The van der Waals surface area contributed by atoms with Gasteiger partial charge in [-0.05, 0) is 68.7 Å². The Bertz CT molecular complexity index is 551. The van der Waals surface area contributed by atoms with Gasteiger partial charge in [0.2, 0.25) is 0 Å². The molecular weight excluding hydrogens is 281 g/mol. The molecule has 0 saturated heterocycles. The highest BCUT2D eigenvalue weighted by Crippen LogP contribution is 2.30. The topological polar surface area (TPSA) is 50.1 Å². The first kappa shape index (κ1) is 16.2. The van der Waals surface area contributed by atoms with Crippen LogP contribution in [0.4, 0.5) is 4.39 Å². The molecule has 0 aliphatic heterocycles. The molecule has 0 aromatic heterocycles. The second-order valence-corrected chi connectivity index (χ2v) is 5.66. The van der Waals surface area contributed by atoms with Gasteiger partial charge in [0.05, 0.1) is 11.6 Å². The second-order valence-electron chi connectivity index (χ2n) is 5.66. The van der Waals surface area contributed by atoms with E-state index in [0.717, 1.165) is 38.5 Å². The van der Waals surface area contributed by atoms with Gasteiger partial charge in [0.15, 0.2) is 0 Å². The van der Waals surface area contributed by atoms with Gasteiger partial charge in [-0.1, -0.05) is 6.08 Å². The van der Waals surface area contributed by atoms with Crippen LogP contribution in [0.2, 0.25) is 0 Å². The fraction of sp³-hybridized carbons (Fsp3) is 0.444. The van der Waals surface area contributed by atoms with Gasteiger partial charge >= 0.3 is 5.97 Å². The number of hydrogen-bond acceptors (Lipinski definition) is 3. The van der Waals surface area contributed by atoms with E-state index in [4.69, 9.17) is 10.00 Å². The summed E-state index contributed by atoms with van der Waals surface area (Å²) >= 11 is 0. The normalized spacial score (nSPS) is 21.5. The first-order valence-corrected chi connectivity index (χ1v) is 7.70. The molecule has 22 heavy (non-hydrogen) atoms. The Morgan fingerprint density at radius 2 is 1.95 bits per heavy atom. The van der Waals surface area contributed by atoms with Gasteiger partial charge in [0, 0.05) is 6.08 Å². The van der Waals surface area contributed by atoms with E-state index in [1.807, 2.05) is 12.1 Å². The molecule has 1 aromatic rings. The lowest BCUT2D eigenvalue weighted by molar-refractivity contribution is 0.0162. The largest absolute Gasteiger partial charge is 0.459 e. The monoisotopic (exact) mass is 301 g/mol. The van der Waals surface area contributed by atoms with Crippen LogP contribution in [0.25, 0.3) is 0 Å². The Morgan fingerprint density at radius 1 is 1.27 bits per heavy atom. The van der Waals surface area contributed by atoms with Crippen molar-refractivity contribution in [3.05, 3.63) is 47.8 Å².